The van der Waals surface area contributed by atoms with Crippen LogP contribution in [0.1, 0.15) is 31.7 Å². The van der Waals surface area contributed by atoms with Gasteiger partial charge in [0.15, 0.2) is 5.82 Å². The Morgan fingerprint density at radius 2 is 1.95 bits per heavy atom. The highest BCUT2D eigenvalue weighted by molar-refractivity contribution is 5.77. The summed E-state index contributed by atoms with van der Waals surface area (Å²) >= 11 is 0. The Morgan fingerprint density at radius 3 is 2.65 bits per heavy atom. The van der Waals surface area contributed by atoms with Crippen molar-refractivity contribution >= 4 is 11.9 Å². The van der Waals surface area contributed by atoms with Crippen molar-refractivity contribution in [2.45, 2.75) is 26.7 Å². The Bertz CT molecular complexity index is 1350. The molecule has 192 valence electrons. The van der Waals surface area contributed by atoms with Crippen LogP contribution < -0.4 is 10.6 Å². The average Bonchev–Trinajstić information content (AvgIpc) is 3.58. The van der Waals surface area contributed by atoms with Gasteiger partial charge in [-0.25, -0.2) is 19.3 Å². The first-order valence-electron chi connectivity index (χ1n) is 11.8. The topological polar surface area (TPSA) is 127 Å². The van der Waals surface area contributed by atoms with Gasteiger partial charge >= 0.3 is 0 Å². The molecule has 1 aliphatic heterocycles. The van der Waals surface area contributed by atoms with Gasteiger partial charge in [0.2, 0.25) is 18.1 Å². The maximum Gasteiger partial charge on any atom is 0.223 e. The normalized spacial score (nSPS) is 19.5. The molecule has 0 unspecified atom stereocenters. The molecule has 5 rings (SSSR count). The monoisotopic (exact) mass is 506 g/mol. The number of anilines is 1. The summed E-state index contributed by atoms with van der Waals surface area (Å²) in [6.07, 6.45) is 2.51. The molecule has 4 heterocycles. The molecule has 1 saturated heterocycles. The van der Waals surface area contributed by atoms with Gasteiger partial charge in [-0.2, -0.15) is 0 Å². The summed E-state index contributed by atoms with van der Waals surface area (Å²) in [5.41, 5.74) is 2.11. The molecule has 0 atom stereocenters. The van der Waals surface area contributed by atoms with Crippen LogP contribution in [0.25, 0.3) is 22.6 Å². The van der Waals surface area contributed by atoms with Crippen LogP contribution >= 0.6 is 0 Å². The lowest BCUT2D eigenvalue weighted by atomic mass is 9.92. The van der Waals surface area contributed by atoms with E-state index in [-0.39, 0.29) is 17.1 Å². The Balaban J connectivity index is 1.41. The minimum Gasteiger partial charge on any atom is -0.467 e. The minimum absolute atomic E-state index is 0.106. The highest BCUT2D eigenvalue weighted by Crippen LogP contribution is 2.35. The van der Waals surface area contributed by atoms with Crippen LogP contribution in [0.3, 0.4) is 0 Å². The molecule has 37 heavy (non-hydrogen) atoms. The van der Waals surface area contributed by atoms with Crippen LogP contribution in [0.5, 0.6) is 0 Å². The number of hydrogen-bond donors (Lipinski definition) is 3. The van der Waals surface area contributed by atoms with Crippen LogP contribution in [-0.2, 0) is 20.8 Å². The number of carbonyl (C=O) groups is 1. The summed E-state index contributed by atoms with van der Waals surface area (Å²) in [5, 5.41) is 5.96. The molecule has 10 nitrogen and oxygen atoms in total. The molecule has 1 amide bonds. The Kier molecular flexibility index (Phi) is 6.97. The summed E-state index contributed by atoms with van der Waals surface area (Å²) in [5.74, 6) is 1.17. The number of aromatic nitrogens is 4. The number of rotatable bonds is 8. The largest absolute Gasteiger partial charge is 0.467 e. The second-order valence-corrected chi connectivity index (χ2v) is 9.23. The molecule has 1 fully saturated rings. The van der Waals surface area contributed by atoms with E-state index in [1.807, 2.05) is 19.1 Å². The predicted octanol–water partition coefficient (Wildman–Crippen LogP) is 4.07. The van der Waals surface area contributed by atoms with Crippen molar-refractivity contribution in [3.8, 4) is 22.6 Å². The number of hydrogen-bond acceptors (Lipinski definition) is 8. The minimum atomic E-state index is -0.739. The molecule has 3 N–H and O–H groups in total. The number of H-pyrrole nitrogens is 1. The van der Waals surface area contributed by atoms with E-state index in [0.29, 0.717) is 60.7 Å². The van der Waals surface area contributed by atoms with E-state index >= 15 is 0 Å². The van der Waals surface area contributed by atoms with Gasteiger partial charge in [-0.05, 0) is 42.5 Å². The molecule has 0 spiro atoms. The van der Waals surface area contributed by atoms with E-state index in [2.05, 4.69) is 25.6 Å². The van der Waals surface area contributed by atoms with Gasteiger partial charge in [0.05, 0.1) is 43.1 Å². The van der Waals surface area contributed by atoms with Gasteiger partial charge in [-0.1, -0.05) is 6.92 Å². The van der Waals surface area contributed by atoms with E-state index in [9.17, 15) is 9.18 Å². The number of benzene rings is 1. The third-order valence-electron chi connectivity index (χ3n) is 5.91. The Morgan fingerprint density at radius 1 is 1.16 bits per heavy atom. The molecule has 11 heteroatoms. The number of halogens is 1. The number of nitrogens with zero attached hydrogens (tertiary/aromatic N) is 3. The summed E-state index contributed by atoms with van der Waals surface area (Å²) in [6.45, 7) is 5.06. The van der Waals surface area contributed by atoms with Gasteiger partial charge in [0.1, 0.15) is 11.6 Å². The highest BCUT2D eigenvalue weighted by Gasteiger charge is 2.35. The molecule has 0 bridgehead atoms. The van der Waals surface area contributed by atoms with Crippen LogP contribution in [0.15, 0.2) is 59.3 Å². The van der Waals surface area contributed by atoms with E-state index < -0.39 is 6.29 Å². The predicted molar refractivity (Wildman–Crippen MR) is 132 cm³/mol. The van der Waals surface area contributed by atoms with E-state index in [4.69, 9.17) is 18.9 Å². The van der Waals surface area contributed by atoms with E-state index in [1.54, 1.807) is 30.7 Å². The fourth-order valence-electron chi connectivity index (χ4n) is 3.91. The van der Waals surface area contributed by atoms with Gasteiger partial charge < -0.3 is 29.5 Å². The molecule has 3 aromatic heterocycles. The van der Waals surface area contributed by atoms with Crippen LogP contribution in [0.4, 0.5) is 10.3 Å². The fraction of sp³-hybridized carbons (Fsp3) is 0.308. The smallest absolute Gasteiger partial charge is 0.223 e. The van der Waals surface area contributed by atoms with E-state index in [1.165, 1.54) is 19.1 Å². The molecule has 1 aromatic carbocycles. The molecule has 0 radical (unpaired) electrons. The third-order valence-corrected chi connectivity index (χ3v) is 5.91. The number of furan rings is 1. The Labute approximate surface area is 212 Å². The number of imidazole rings is 1. The zero-order valence-electron chi connectivity index (χ0n) is 20.5. The zero-order chi connectivity index (χ0) is 25.8. The maximum atomic E-state index is 13.6. The van der Waals surface area contributed by atoms with Crippen molar-refractivity contribution in [1.82, 2.24) is 25.3 Å². The number of carbonyl (C=O) groups excluding carboxylic acids is 1. The molecule has 0 saturated carbocycles. The highest BCUT2D eigenvalue weighted by atomic mass is 19.1. The SMILES string of the molecule is CC(=O)NCC1(C)COC(c2nc(-c3ccc(F)cc3)c(-c3ccnc(NCc4ccco4)n3)[nH]2)OC1. The Hall–Kier alpha value is -4.09. The van der Waals surface area contributed by atoms with Gasteiger partial charge in [0.25, 0.3) is 0 Å². The lowest BCUT2D eigenvalue weighted by Crippen LogP contribution is -2.45. The molecule has 4 aromatic rings. The maximum absolute atomic E-state index is 13.6. The van der Waals surface area contributed by atoms with Crippen molar-refractivity contribution in [3.63, 3.8) is 0 Å². The molecular formula is C26H27FN6O4. The van der Waals surface area contributed by atoms with Crippen molar-refractivity contribution < 1.29 is 23.1 Å². The van der Waals surface area contributed by atoms with Crippen LogP contribution in [-0.4, -0.2) is 45.6 Å². The second kappa shape index (κ2) is 10.5. The third kappa shape index (κ3) is 5.84. The zero-order valence-corrected chi connectivity index (χ0v) is 20.5. The first-order valence-corrected chi connectivity index (χ1v) is 11.8. The van der Waals surface area contributed by atoms with Gasteiger partial charge in [-0.15, -0.1) is 0 Å². The van der Waals surface area contributed by atoms with Gasteiger partial charge in [-0.3, -0.25) is 4.79 Å². The van der Waals surface area contributed by atoms with Crippen LogP contribution in [0.2, 0.25) is 0 Å². The summed E-state index contributed by atoms with van der Waals surface area (Å²) in [6, 6.07) is 11.5. The van der Waals surface area contributed by atoms with Crippen molar-refractivity contribution in [2.24, 2.45) is 5.41 Å². The number of amides is 1. The molecular weight excluding hydrogens is 479 g/mol. The summed E-state index contributed by atoms with van der Waals surface area (Å²) in [7, 11) is 0. The summed E-state index contributed by atoms with van der Waals surface area (Å²) in [4.78, 5) is 28.3. The average molecular weight is 507 g/mol. The van der Waals surface area contributed by atoms with Crippen molar-refractivity contribution in [2.75, 3.05) is 25.1 Å². The summed E-state index contributed by atoms with van der Waals surface area (Å²) < 4.78 is 31.0. The second-order valence-electron chi connectivity index (χ2n) is 9.23. The fourth-order valence-corrected chi connectivity index (χ4v) is 3.91. The standard InChI is InChI=1S/C26H27FN6O4/c1-16(34)30-13-26(2)14-36-24(37-15-26)23-32-21(17-5-7-18(27)8-6-17)22(33-23)20-9-10-28-25(31-20)29-12-19-4-3-11-35-19/h3-11,24H,12-15H2,1-2H3,(H,30,34)(H,32,33)(H,28,29,31). The van der Waals surface area contributed by atoms with E-state index in [0.717, 1.165) is 5.76 Å². The lowest BCUT2D eigenvalue weighted by molar-refractivity contribution is -0.232. The first kappa shape index (κ1) is 24.6. The number of ether oxygens (including phenoxy) is 2. The number of aromatic amines is 1. The number of nitrogens with one attached hydrogen (secondary N) is 3. The molecule has 1 aliphatic rings. The van der Waals surface area contributed by atoms with Crippen molar-refractivity contribution in [1.29, 1.82) is 0 Å². The molecule has 0 aliphatic carbocycles. The quantitative estimate of drug-likeness (QED) is 0.326. The van der Waals surface area contributed by atoms with Gasteiger partial charge in [0, 0.05) is 30.6 Å². The van der Waals surface area contributed by atoms with Crippen LogP contribution in [0, 0.1) is 11.2 Å². The first-order chi connectivity index (χ1) is 17.9. The van der Waals surface area contributed by atoms with Crippen molar-refractivity contribution in [3.05, 3.63) is 72.3 Å². The lowest BCUT2D eigenvalue weighted by Gasteiger charge is -2.36.